The fourth-order valence-electron chi connectivity index (χ4n) is 2.01. The van der Waals surface area contributed by atoms with Crippen molar-refractivity contribution in [1.82, 2.24) is 4.98 Å². The first-order valence-electron chi connectivity index (χ1n) is 5.32. The number of esters is 1. The molecular weight excluding hydrogens is 206 g/mol. The predicted molar refractivity (Wildman–Crippen MR) is 56.8 cm³/mol. The van der Waals surface area contributed by atoms with Gasteiger partial charge in [0.2, 0.25) is 0 Å². The lowest BCUT2D eigenvalue weighted by atomic mass is 10.0. The van der Waals surface area contributed by atoms with E-state index in [1.165, 1.54) is 0 Å². The van der Waals surface area contributed by atoms with Crippen LogP contribution in [0.5, 0.6) is 0 Å². The number of fused-ring (bicyclic) bond motifs is 1. The van der Waals surface area contributed by atoms with Crippen molar-refractivity contribution in [3.05, 3.63) is 30.3 Å². The van der Waals surface area contributed by atoms with Crippen molar-refractivity contribution in [3.63, 3.8) is 0 Å². The third-order valence-electron chi connectivity index (χ3n) is 2.87. The number of nitrogens with zero attached hydrogens (tertiary/aromatic N) is 1. The molecular formula is C12H11NO3. The summed E-state index contributed by atoms with van der Waals surface area (Å²) in [5.41, 5.74) is 0.767. The van der Waals surface area contributed by atoms with Crippen molar-refractivity contribution in [2.75, 3.05) is 6.61 Å². The van der Waals surface area contributed by atoms with Crippen LogP contribution in [0.4, 0.5) is 0 Å². The van der Waals surface area contributed by atoms with Crippen LogP contribution in [0.1, 0.15) is 12.2 Å². The van der Waals surface area contributed by atoms with Crippen LogP contribution < -0.4 is 0 Å². The SMILES string of the molecule is O=C1OCC[C@H]1Cc1cc2ccncc2o1. The molecule has 3 rings (SSSR count). The van der Waals surface area contributed by atoms with Gasteiger partial charge in [0.25, 0.3) is 0 Å². The molecule has 0 saturated carbocycles. The fraction of sp³-hybridized carbons (Fsp3) is 0.333. The number of carbonyl (C=O) groups is 1. The van der Waals surface area contributed by atoms with Crippen LogP contribution in [0.15, 0.2) is 28.9 Å². The standard InChI is InChI=1S/C12H11NO3/c14-12-9(2-4-15-12)6-10-5-8-1-3-13-7-11(8)16-10/h1,3,5,7,9H,2,4,6H2/t9-/m0/s1. The number of cyclic esters (lactones) is 1. The highest BCUT2D eigenvalue weighted by atomic mass is 16.5. The van der Waals surface area contributed by atoms with Gasteiger partial charge in [-0.3, -0.25) is 9.78 Å². The lowest BCUT2D eigenvalue weighted by molar-refractivity contribution is -0.141. The summed E-state index contributed by atoms with van der Waals surface area (Å²) in [6.45, 7) is 0.533. The van der Waals surface area contributed by atoms with Gasteiger partial charge in [0.05, 0.1) is 18.7 Å². The first-order chi connectivity index (χ1) is 7.83. The molecule has 1 atom stereocenters. The third-order valence-corrected chi connectivity index (χ3v) is 2.87. The van der Waals surface area contributed by atoms with E-state index >= 15 is 0 Å². The second kappa shape index (κ2) is 3.63. The van der Waals surface area contributed by atoms with Crippen LogP contribution in [0.2, 0.25) is 0 Å². The van der Waals surface area contributed by atoms with Crippen molar-refractivity contribution in [2.24, 2.45) is 5.92 Å². The molecule has 0 amide bonds. The van der Waals surface area contributed by atoms with Gasteiger partial charge in [0.15, 0.2) is 5.58 Å². The average Bonchev–Trinajstić information content (AvgIpc) is 2.85. The molecule has 4 nitrogen and oxygen atoms in total. The Morgan fingerprint density at radius 2 is 2.44 bits per heavy atom. The summed E-state index contributed by atoms with van der Waals surface area (Å²) in [5, 5.41) is 1.02. The van der Waals surface area contributed by atoms with E-state index < -0.39 is 0 Å². The van der Waals surface area contributed by atoms with E-state index in [9.17, 15) is 4.79 Å². The molecule has 1 aliphatic rings. The maximum absolute atomic E-state index is 11.3. The van der Waals surface area contributed by atoms with Crippen molar-refractivity contribution < 1.29 is 13.9 Å². The van der Waals surface area contributed by atoms with E-state index in [0.717, 1.165) is 23.2 Å². The molecule has 0 spiro atoms. The normalized spacial score (nSPS) is 20.2. The van der Waals surface area contributed by atoms with E-state index in [2.05, 4.69) is 4.98 Å². The minimum Gasteiger partial charge on any atom is -0.465 e. The number of aromatic nitrogens is 1. The van der Waals surface area contributed by atoms with Crippen LogP contribution in [-0.4, -0.2) is 17.6 Å². The number of hydrogen-bond acceptors (Lipinski definition) is 4. The zero-order valence-corrected chi connectivity index (χ0v) is 8.68. The molecule has 4 heteroatoms. The molecule has 0 bridgehead atoms. The summed E-state index contributed by atoms with van der Waals surface area (Å²) < 4.78 is 10.5. The molecule has 0 N–H and O–H groups in total. The van der Waals surface area contributed by atoms with Crippen molar-refractivity contribution >= 4 is 16.9 Å². The average molecular weight is 217 g/mol. The van der Waals surface area contributed by atoms with Gasteiger partial charge in [-0.2, -0.15) is 0 Å². The van der Waals surface area contributed by atoms with Crippen LogP contribution in [-0.2, 0) is 16.0 Å². The summed E-state index contributed by atoms with van der Waals surface area (Å²) in [6, 6.07) is 3.86. The van der Waals surface area contributed by atoms with Crippen LogP contribution >= 0.6 is 0 Å². The maximum Gasteiger partial charge on any atom is 0.309 e. The summed E-state index contributed by atoms with van der Waals surface area (Å²) in [6.07, 6.45) is 4.82. The van der Waals surface area contributed by atoms with Gasteiger partial charge in [0, 0.05) is 18.0 Å². The molecule has 2 aromatic rings. The van der Waals surface area contributed by atoms with Gasteiger partial charge < -0.3 is 9.15 Å². The quantitative estimate of drug-likeness (QED) is 0.721. The third kappa shape index (κ3) is 1.56. The molecule has 0 radical (unpaired) electrons. The largest absolute Gasteiger partial charge is 0.465 e. The summed E-state index contributed by atoms with van der Waals surface area (Å²) in [7, 11) is 0. The topological polar surface area (TPSA) is 52.3 Å². The Hall–Kier alpha value is -1.84. The minimum atomic E-state index is -0.112. The lowest BCUT2D eigenvalue weighted by Gasteiger charge is -2.00. The van der Waals surface area contributed by atoms with Gasteiger partial charge in [0.1, 0.15) is 5.76 Å². The Kier molecular flexibility index (Phi) is 2.13. The number of ether oxygens (including phenoxy) is 1. The maximum atomic E-state index is 11.3. The van der Waals surface area contributed by atoms with Gasteiger partial charge in [-0.1, -0.05) is 0 Å². The van der Waals surface area contributed by atoms with E-state index in [-0.39, 0.29) is 11.9 Å². The first-order valence-corrected chi connectivity index (χ1v) is 5.32. The number of rotatable bonds is 2. The predicted octanol–water partition coefficient (Wildman–Crippen LogP) is 1.93. The van der Waals surface area contributed by atoms with E-state index in [1.807, 2.05) is 12.1 Å². The Morgan fingerprint density at radius 1 is 1.50 bits per heavy atom. The molecule has 0 aromatic carbocycles. The molecule has 1 aliphatic heterocycles. The number of furan rings is 1. The monoisotopic (exact) mass is 217 g/mol. The van der Waals surface area contributed by atoms with Crippen molar-refractivity contribution in [3.8, 4) is 0 Å². The summed E-state index contributed by atoms with van der Waals surface area (Å²) in [4.78, 5) is 15.3. The Morgan fingerprint density at radius 3 is 3.19 bits per heavy atom. The Balaban J connectivity index is 1.86. The number of hydrogen-bond donors (Lipinski definition) is 0. The van der Waals surface area contributed by atoms with Gasteiger partial charge in [-0.15, -0.1) is 0 Å². The highest BCUT2D eigenvalue weighted by Gasteiger charge is 2.27. The highest BCUT2D eigenvalue weighted by molar-refractivity contribution is 5.77. The first kappa shape index (κ1) is 9.39. The van der Waals surface area contributed by atoms with E-state index in [4.69, 9.17) is 9.15 Å². The molecule has 16 heavy (non-hydrogen) atoms. The van der Waals surface area contributed by atoms with Crippen LogP contribution in [0.25, 0.3) is 11.0 Å². The van der Waals surface area contributed by atoms with Crippen LogP contribution in [0, 0.1) is 5.92 Å². The molecule has 3 heterocycles. The summed E-state index contributed by atoms with van der Waals surface area (Å²) >= 11 is 0. The fourth-order valence-corrected chi connectivity index (χ4v) is 2.01. The molecule has 0 unspecified atom stereocenters. The molecule has 0 aliphatic carbocycles. The van der Waals surface area contributed by atoms with Gasteiger partial charge in [-0.05, 0) is 18.6 Å². The lowest BCUT2D eigenvalue weighted by Crippen LogP contribution is -2.09. The minimum absolute atomic E-state index is 0.0477. The molecule has 82 valence electrons. The smallest absolute Gasteiger partial charge is 0.309 e. The Labute approximate surface area is 92.2 Å². The number of carbonyl (C=O) groups excluding carboxylic acids is 1. The second-order valence-corrected chi connectivity index (χ2v) is 3.98. The van der Waals surface area contributed by atoms with E-state index in [1.54, 1.807) is 12.4 Å². The highest BCUT2D eigenvalue weighted by Crippen LogP contribution is 2.24. The van der Waals surface area contributed by atoms with Crippen molar-refractivity contribution in [2.45, 2.75) is 12.8 Å². The molecule has 1 saturated heterocycles. The Bertz CT molecular complexity index is 499. The zero-order chi connectivity index (χ0) is 11.0. The van der Waals surface area contributed by atoms with Crippen molar-refractivity contribution in [1.29, 1.82) is 0 Å². The van der Waals surface area contributed by atoms with Gasteiger partial charge in [-0.25, -0.2) is 0 Å². The van der Waals surface area contributed by atoms with Crippen LogP contribution in [0.3, 0.4) is 0 Å². The number of pyridine rings is 1. The van der Waals surface area contributed by atoms with E-state index in [0.29, 0.717) is 13.0 Å². The molecule has 1 fully saturated rings. The summed E-state index contributed by atoms with van der Waals surface area (Å²) in [5.74, 6) is 0.666. The molecule has 2 aromatic heterocycles. The zero-order valence-electron chi connectivity index (χ0n) is 8.68. The van der Waals surface area contributed by atoms with Gasteiger partial charge >= 0.3 is 5.97 Å². The second-order valence-electron chi connectivity index (χ2n) is 3.98.